The molecule has 1 rings (SSSR count). The van der Waals surface area contributed by atoms with E-state index in [0.29, 0.717) is 4.47 Å². The maximum atomic E-state index is 11.1. The molecule has 0 spiro atoms. The molecule has 1 heterocycles. The molecule has 0 fully saturated rings. The number of aromatic nitrogens is 1. The summed E-state index contributed by atoms with van der Waals surface area (Å²) >= 11 is 3.17. The van der Waals surface area contributed by atoms with Crippen LogP contribution in [0.3, 0.4) is 0 Å². The molecule has 0 radical (unpaired) electrons. The van der Waals surface area contributed by atoms with Crippen molar-refractivity contribution in [3.63, 3.8) is 0 Å². The Balaban J connectivity index is 3.47. The summed E-state index contributed by atoms with van der Waals surface area (Å²) in [5.41, 5.74) is 0.866. The quantitative estimate of drug-likeness (QED) is 0.759. The van der Waals surface area contributed by atoms with Crippen LogP contribution in [0.25, 0.3) is 0 Å². The van der Waals surface area contributed by atoms with Gasteiger partial charge in [-0.2, -0.15) is 0 Å². The molecule has 12 heavy (non-hydrogen) atoms. The molecule has 66 valence electrons. The van der Waals surface area contributed by atoms with E-state index in [-0.39, 0.29) is 5.03 Å². The van der Waals surface area contributed by atoms with E-state index in [0.717, 1.165) is 11.8 Å². The summed E-state index contributed by atoms with van der Waals surface area (Å²) in [7, 11) is -3.21. The molecule has 5 heteroatoms. The molecular weight excluding hydrogens is 242 g/mol. The number of rotatable bonds is 1. The Morgan fingerprint density at radius 2 is 2.08 bits per heavy atom. The van der Waals surface area contributed by atoms with E-state index in [1.54, 1.807) is 6.07 Å². The lowest BCUT2D eigenvalue weighted by Gasteiger charge is -2.02. The molecule has 0 unspecified atom stereocenters. The highest BCUT2D eigenvalue weighted by Gasteiger charge is 2.13. The Hall–Kier alpha value is -0.420. The van der Waals surface area contributed by atoms with Gasteiger partial charge in [0, 0.05) is 12.5 Å². The Kier molecular flexibility index (Phi) is 2.53. The minimum absolute atomic E-state index is 0.0995. The van der Waals surface area contributed by atoms with Gasteiger partial charge in [-0.25, -0.2) is 13.4 Å². The van der Waals surface area contributed by atoms with Crippen LogP contribution in [0.2, 0.25) is 0 Å². The first-order valence-electron chi connectivity index (χ1n) is 3.24. The molecule has 3 nitrogen and oxygen atoms in total. The lowest BCUT2D eigenvalue weighted by molar-refractivity contribution is 0.597. The average Bonchev–Trinajstić information content (AvgIpc) is 1.92. The van der Waals surface area contributed by atoms with Gasteiger partial charge in [-0.3, -0.25) is 0 Å². The van der Waals surface area contributed by atoms with Crippen molar-refractivity contribution < 1.29 is 8.42 Å². The van der Waals surface area contributed by atoms with Crippen molar-refractivity contribution in [3.8, 4) is 0 Å². The number of hydrogen-bond donors (Lipinski definition) is 0. The van der Waals surface area contributed by atoms with Crippen LogP contribution in [-0.4, -0.2) is 19.7 Å². The van der Waals surface area contributed by atoms with Crippen LogP contribution < -0.4 is 0 Å². The van der Waals surface area contributed by atoms with E-state index in [2.05, 4.69) is 20.9 Å². The van der Waals surface area contributed by atoms with Crippen LogP contribution in [0.15, 0.2) is 21.8 Å². The van der Waals surface area contributed by atoms with Crippen LogP contribution >= 0.6 is 15.9 Å². The van der Waals surface area contributed by atoms with E-state index in [9.17, 15) is 8.42 Å². The summed E-state index contributed by atoms with van der Waals surface area (Å²) in [6.45, 7) is 1.82. The van der Waals surface area contributed by atoms with Gasteiger partial charge in [-0.05, 0) is 34.5 Å². The summed E-state index contributed by atoms with van der Waals surface area (Å²) in [5.74, 6) is 0. The molecule has 0 atom stereocenters. The highest BCUT2D eigenvalue weighted by atomic mass is 79.9. The van der Waals surface area contributed by atoms with E-state index >= 15 is 0 Å². The van der Waals surface area contributed by atoms with E-state index in [4.69, 9.17) is 0 Å². The van der Waals surface area contributed by atoms with Crippen LogP contribution in [-0.2, 0) is 9.84 Å². The first-order chi connectivity index (χ1) is 5.43. The maximum absolute atomic E-state index is 11.1. The number of aryl methyl sites for hydroxylation is 1. The second kappa shape index (κ2) is 3.14. The van der Waals surface area contributed by atoms with Crippen molar-refractivity contribution in [1.82, 2.24) is 4.98 Å². The van der Waals surface area contributed by atoms with Gasteiger partial charge in [0.25, 0.3) is 0 Å². The third kappa shape index (κ3) is 1.84. The molecule has 0 aromatic carbocycles. The summed E-state index contributed by atoms with van der Waals surface area (Å²) < 4.78 is 22.8. The van der Waals surface area contributed by atoms with Gasteiger partial charge in [0.1, 0.15) is 0 Å². The first kappa shape index (κ1) is 9.67. The standard InChI is InChI=1S/C7H8BrNO2S/c1-5-3-4-9-7(6(5)8)12(2,10)11/h3-4H,1-2H3. The summed E-state index contributed by atoms with van der Waals surface area (Å²) in [6, 6.07) is 1.75. The zero-order valence-electron chi connectivity index (χ0n) is 6.70. The van der Waals surface area contributed by atoms with Crippen LogP contribution in [0.1, 0.15) is 5.56 Å². The SMILES string of the molecule is Cc1ccnc(S(C)(=O)=O)c1Br. The first-order valence-corrected chi connectivity index (χ1v) is 5.92. The molecule has 0 aliphatic rings. The lowest BCUT2D eigenvalue weighted by atomic mass is 10.3. The monoisotopic (exact) mass is 249 g/mol. The zero-order valence-corrected chi connectivity index (χ0v) is 9.11. The molecule has 0 saturated carbocycles. The summed E-state index contributed by atoms with van der Waals surface area (Å²) in [4.78, 5) is 3.78. The normalized spacial score (nSPS) is 11.6. The fraction of sp³-hybridized carbons (Fsp3) is 0.286. The zero-order chi connectivity index (χ0) is 9.35. The third-order valence-corrected chi connectivity index (χ3v) is 3.68. The van der Waals surface area contributed by atoms with E-state index < -0.39 is 9.84 Å². The van der Waals surface area contributed by atoms with Crippen molar-refractivity contribution in [2.24, 2.45) is 0 Å². The Morgan fingerprint density at radius 3 is 2.50 bits per heavy atom. The average molecular weight is 250 g/mol. The molecule has 1 aromatic heterocycles. The minimum atomic E-state index is -3.21. The maximum Gasteiger partial charge on any atom is 0.193 e. The predicted octanol–water partition coefficient (Wildman–Crippen LogP) is 1.56. The minimum Gasteiger partial charge on any atom is -0.244 e. The Bertz CT molecular complexity index is 400. The number of halogens is 1. The van der Waals surface area contributed by atoms with Gasteiger partial charge in [0.05, 0.1) is 4.47 Å². The summed E-state index contributed by atoms with van der Waals surface area (Å²) in [6.07, 6.45) is 2.62. The Labute approximate surface area is 79.9 Å². The van der Waals surface area contributed by atoms with Gasteiger partial charge in [0.2, 0.25) is 0 Å². The number of sulfone groups is 1. The van der Waals surface area contributed by atoms with Gasteiger partial charge in [-0.1, -0.05) is 0 Å². The van der Waals surface area contributed by atoms with Crippen LogP contribution in [0.5, 0.6) is 0 Å². The fourth-order valence-corrected chi connectivity index (χ4v) is 2.63. The predicted molar refractivity (Wildman–Crippen MR) is 49.8 cm³/mol. The van der Waals surface area contributed by atoms with E-state index in [1.807, 2.05) is 6.92 Å². The molecule has 0 amide bonds. The number of nitrogens with zero attached hydrogens (tertiary/aromatic N) is 1. The molecule has 0 bridgehead atoms. The number of hydrogen-bond acceptors (Lipinski definition) is 3. The highest BCUT2D eigenvalue weighted by molar-refractivity contribution is 9.10. The second-order valence-electron chi connectivity index (χ2n) is 2.52. The smallest absolute Gasteiger partial charge is 0.193 e. The molecule has 0 N–H and O–H groups in total. The molecule has 0 saturated heterocycles. The van der Waals surface area contributed by atoms with Crippen LogP contribution in [0.4, 0.5) is 0 Å². The molecular formula is C7H8BrNO2S. The molecule has 0 aliphatic heterocycles. The van der Waals surface area contributed by atoms with Crippen molar-refractivity contribution >= 4 is 25.8 Å². The van der Waals surface area contributed by atoms with Crippen LogP contribution in [0, 0.1) is 6.92 Å². The van der Waals surface area contributed by atoms with Gasteiger partial charge < -0.3 is 0 Å². The topological polar surface area (TPSA) is 47.0 Å². The van der Waals surface area contributed by atoms with Crippen molar-refractivity contribution in [2.75, 3.05) is 6.26 Å². The van der Waals surface area contributed by atoms with Crippen molar-refractivity contribution in [1.29, 1.82) is 0 Å². The lowest BCUT2D eigenvalue weighted by Crippen LogP contribution is -2.02. The Morgan fingerprint density at radius 1 is 1.50 bits per heavy atom. The van der Waals surface area contributed by atoms with Gasteiger partial charge in [-0.15, -0.1) is 0 Å². The largest absolute Gasteiger partial charge is 0.244 e. The van der Waals surface area contributed by atoms with Crippen molar-refractivity contribution in [2.45, 2.75) is 11.9 Å². The second-order valence-corrected chi connectivity index (χ2v) is 5.24. The number of pyridine rings is 1. The highest BCUT2D eigenvalue weighted by Crippen LogP contribution is 2.22. The molecule has 1 aromatic rings. The molecule has 0 aliphatic carbocycles. The van der Waals surface area contributed by atoms with Crippen molar-refractivity contribution in [3.05, 3.63) is 22.3 Å². The fourth-order valence-electron chi connectivity index (χ4n) is 0.774. The summed E-state index contributed by atoms with van der Waals surface area (Å²) in [5, 5.41) is 0.0995. The van der Waals surface area contributed by atoms with E-state index in [1.165, 1.54) is 6.20 Å². The van der Waals surface area contributed by atoms with Gasteiger partial charge in [0.15, 0.2) is 14.9 Å². The third-order valence-electron chi connectivity index (χ3n) is 1.40. The van der Waals surface area contributed by atoms with Gasteiger partial charge >= 0.3 is 0 Å².